The Kier molecular flexibility index (Phi) is 4.84. The van der Waals surface area contributed by atoms with Crippen molar-refractivity contribution < 1.29 is 4.79 Å². The molecule has 0 unspecified atom stereocenters. The van der Waals surface area contributed by atoms with Crippen molar-refractivity contribution >= 4 is 29.0 Å². The third-order valence-electron chi connectivity index (χ3n) is 2.00. The average molecular weight is 258 g/mol. The zero-order chi connectivity index (χ0) is 12.1. The second kappa shape index (κ2) is 5.92. The second-order valence-corrected chi connectivity index (χ2v) is 4.19. The lowest BCUT2D eigenvalue weighted by Crippen LogP contribution is -2.11. The van der Waals surface area contributed by atoms with Crippen molar-refractivity contribution in [2.24, 2.45) is 0 Å². The van der Waals surface area contributed by atoms with Crippen molar-refractivity contribution in [1.29, 1.82) is 0 Å². The van der Waals surface area contributed by atoms with E-state index in [0.29, 0.717) is 15.6 Å². The first-order valence-electron chi connectivity index (χ1n) is 4.96. The molecule has 0 radical (unpaired) electrons. The number of rotatable bonds is 4. The summed E-state index contributed by atoms with van der Waals surface area (Å²) in [7, 11) is 0. The molecule has 1 aromatic carbocycles. The minimum atomic E-state index is -0.125. The van der Waals surface area contributed by atoms with E-state index in [4.69, 9.17) is 23.2 Å². The van der Waals surface area contributed by atoms with Crippen molar-refractivity contribution in [2.75, 3.05) is 6.54 Å². The molecule has 4 heteroatoms. The monoisotopic (exact) mass is 257 g/mol. The van der Waals surface area contributed by atoms with E-state index < -0.39 is 0 Å². The minimum Gasteiger partial charge on any atom is -0.389 e. The van der Waals surface area contributed by atoms with Gasteiger partial charge in [-0.05, 0) is 32.0 Å². The fourth-order valence-electron chi connectivity index (χ4n) is 1.29. The van der Waals surface area contributed by atoms with E-state index in [0.717, 1.165) is 12.2 Å². The van der Waals surface area contributed by atoms with Crippen LogP contribution in [0.15, 0.2) is 30.0 Å². The summed E-state index contributed by atoms with van der Waals surface area (Å²) < 4.78 is 0. The van der Waals surface area contributed by atoms with Gasteiger partial charge in [0.15, 0.2) is 5.78 Å². The van der Waals surface area contributed by atoms with E-state index in [1.54, 1.807) is 18.2 Å². The van der Waals surface area contributed by atoms with Crippen molar-refractivity contribution in [3.8, 4) is 0 Å². The molecule has 0 saturated carbocycles. The molecule has 16 heavy (non-hydrogen) atoms. The SMILES string of the molecule is CCN/C(C)=C\C(=O)c1ccc(Cl)cc1Cl. The Morgan fingerprint density at radius 3 is 2.69 bits per heavy atom. The number of ketones is 1. The number of allylic oxidation sites excluding steroid dienone is 2. The van der Waals surface area contributed by atoms with E-state index in [-0.39, 0.29) is 5.78 Å². The minimum absolute atomic E-state index is 0.125. The van der Waals surface area contributed by atoms with Crippen LogP contribution in [0.4, 0.5) is 0 Å². The van der Waals surface area contributed by atoms with Gasteiger partial charge in [0.05, 0.1) is 5.02 Å². The topological polar surface area (TPSA) is 29.1 Å². The molecule has 0 heterocycles. The first-order chi connectivity index (χ1) is 7.54. The highest BCUT2D eigenvalue weighted by Gasteiger charge is 2.08. The molecule has 86 valence electrons. The summed E-state index contributed by atoms with van der Waals surface area (Å²) >= 11 is 11.7. The van der Waals surface area contributed by atoms with Gasteiger partial charge in [-0.2, -0.15) is 0 Å². The average Bonchev–Trinajstić information content (AvgIpc) is 2.17. The number of hydrogen-bond acceptors (Lipinski definition) is 2. The number of carbonyl (C=O) groups excluding carboxylic acids is 1. The van der Waals surface area contributed by atoms with Crippen LogP contribution >= 0.6 is 23.2 Å². The molecule has 0 aliphatic rings. The van der Waals surface area contributed by atoms with Gasteiger partial charge in [0, 0.05) is 28.9 Å². The summed E-state index contributed by atoms with van der Waals surface area (Å²) in [6, 6.07) is 4.84. The normalized spacial score (nSPS) is 11.4. The predicted molar refractivity (Wildman–Crippen MR) is 68.2 cm³/mol. The third kappa shape index (κ3) is 3.54. The fourth-order valence-corrected chi connectivity index (χ4v) is 1.80. The number of hydrogen-bond donors (Lipinski definition) is 1. The summed E-state index contributed by atoms with van der Waals surface area (Å²) in [5, 5.41) is 3.94. The van der Waals surface area contributed by atoms with Crippen molar-refractivity contribution in [1.82, 2.24) is 5.32 Å². The third-order valence-corrected chi connectivity index (χ3v) is 2.55. The van der Waals surface area contributed by atoms with Crippen LogP contribution in [0.2, 0.25) is 10.0 Å². The molecule has 1 aromatic rings. The highest BCUT2D eigenvalue weighted by atomic mass is 35.5. The van der Waals surface area contributed by atoms with Gasteiger partial charge in [0.2, 0.25) is 0 Å². The van der Waals surface area contributed by atoms with Crippen molar-refractivity contribution in [3.05, 3.63) is 45.6 Å². The molecule has 0 atom stereocenters. The summed E-state index contributed by atoms with van der Waals surface area (Å²) in [6.45, 7) is 4.59. The van der Waals surface area contributed by atoms with E-state index in [2.05, 4.69) is 5.32 Å². The van der Waals surface area contributed by atoms with E-state index >= 15 is 0 Å². The maximum atomic E-state index is 11.8. The maximum Gasteiger partial charge on any atom is 0.189 e. The lowest BCUT2D eigenvalue weighted by atomic mass is 10.1. The quantitative estimate of drug-likeness (QED) is 0.659. The number of halogens is 2. The first-order valence-corrected chi connectivity index (χ1v) is 5.71. The molecule has 0 bridgehead atoms. The zero-order valence-electron chi connectivity index (χ0n) is 9.18. The Morgan fingerprint density at radius 2 is 2.12 bits per heavy atom. The summed E-state index contributed by atoms with van der Waals surface area (Å²) in [4.78, 5) is 11.8. The van der Waals surface area contributed by atoms with Gasteiger partial charge in [-0.25, -0.2) is 0 Å². The first kappa shape index (κ1) is 13.1. The van der Waals surface area contributed by atoms with E-state index in [1.807, 2.05) is 13.8 Å². The molecular weight excluding hydrogens is 245 g/mol. The summed E-state index contributed by atoms with van der Waals surface area (Å²) in [5.41, 5.74) is 1.28. The van der Waals surface area contributed by atoms with Gasteiger partial charge < -0.3 is 5.32 Å². The maximum absolute atomic E-state index is 11.8. The summed E-state index contributed by atoms with van der Waals surface area (Å²) in [5.74, 6) is -0.125. The molecule has 0 amide bonds. The molecule has 0 aliphatic carbocycles. The summed E-state index contributed by atoms with van der Waals surface area (Å²) in [6.07, 6.45) is 1.53. The van der Waals surface area contributed by atoms with Gasteiger partial charge >= 0.3 is 0 Å². The second-order valence-electron chi connectivity index (χ2n) is 3.35. The smallest absolute Gasteiger partial charge is 0.189 e. The highest BCUT2D eigenvalue weighted by molar-refractivity contribution is 6.37. The number of nitrogens with one attached hydrogen (secondary N) is 1. The molecule has 0 fully saturated rings. The Hall–Kier alpha value is -0.990. The lowest BCUT2D eigenvalue weighted by Gasteiger charge is -2.04. The van der Waals surface area contributed by atoms with Gasteiger partial charge in [0.25, 0.3) is 0 Å². The Balaban J connectivity index is 2.93. The number of benzene rings is 1. The largest absolute Gasteiger partial charge is 0.389 e. The van der Waals surface area contributed by atoms with Crippen LogP contribution in [0.5, 0.6) is 0 Å². The molecule has 0 spiro atoms. The van der Waals surface area contributed by atoms with Crippen LogP contribution in [-0.4, -0.2) is 12.3 Å². The van der Waals surface area contributed by atoms with Crippen LogP contribution in [-0.2, 0) is 0 Å². The Labute approximate surface area is 105 Å². The van der Waals surface area contributed by atoms with Crippen LogP contribution in [0.1, 0.15) is 24.2 Å². The highest BCUT2D eigenvalue weighted by Crippen LogP contribution is 2.21. The molecule has 0 aliphatic heterocycles. The Morgan fingerprint density at radius 1 is 1.44 bits per heavy atom. The molecular formula is C12H13Cl2NO. The van der Waals surface area contributed by atoms with E-state index in [1.165, 1.54) is 6.08 Å². The van der Waals surface area contributed by atoms with Crippen LogP contribution in [0, 0.1) is 0 Å². The lowest BCUT2D eigenvalue weighted by molar-refractivity contribution is 0.104. The zero-order valence-corrected chi connectivity index (χ0v) is 10.7. The standard InChI is InChI=1S/C12H13Cl2NO/c1-3-15-8(2)6-12(16)10-5-4-9(13)7-11(10)14/h4-7,15H,3H2,1-2H3/b8-6-. The van der Waals surface area contributed by atoms with Crippen LogP contribution in [0.25, 0.3) is 0 Å². The van der Waals surface area contributed by atoms with Crippen LogP contribution < -0.4 is 5.32 Å². The van der Waals surface area contributed by atoms with E-state index in [9.17, 15) is 4.79 Å². The molecule has 0 saturated heterocycles. The van der Waals surface area contributed by atoms with Crippen molar-refractivity contribution in [3.63, 3.8) is 0 Å². The molecule has 2 nitrogen and oxygen atoms in total. The number of carbonyl (C=O) groups is 1. The van der Waals surface area contributed by atoms with Crippen LogP contribution in [0.3, 0.4) is 0 Å². The van der Waals surface area contributed by atoms with Gasteiger partial charge in [-0.3, -0.25) is 4.79 Å². The predicted octanol–water partition coefficient (Wildman–Crippen LogP) is 3.69. The molecule has 1 N–H and O–H groups in total. The van der Waals surface area contributed by atoms with Gasteiger partial charge in [0.1, 0.15) is 0 Å². The fraction of sp³-hybridized carbons (Fsp3) is 0.250. The van der Waals surface area contributed by atoms with Crippen molar-refractivity contribution in [2.45, 2.75) is 13.8 Å². The molecule has 1 rings (SSSR count). The Bertz CT molecular complexity index is 427. The molecule has 0 aromatic heterocycles. The van der Waals surface area contributed by atoms with Gasteiger partial charge in [-0.15, -0.1) is 0 Å². The van der Waals surface area contributed by atoms with Gasteiger partial charge in [-0.1, -0.05) is 23.2 Å².